The lowest BCUT2D eigenvalue weighted by Gasteiger charge is -1.85. The monoisotopic (exact) mass is 96.0 g/mol. The van der Waals surface area contributed by atoms with Gasteiger partial charge in [0.05, 0.1) is 6.26 Å². The quantitative estimate of drug-likeness (QED) is 0.471. The van der Waals surface area contributed by atoms with Crippen LogP contribution in [0.25, 0.3) is 0 Å². The normalized spacial score (nSPS) is 17.1. The van der Waals surface area contributed by atoms with Gasteiger partial charge in [-0.15, -0.1) is 0 Å². The minimum atomic E-state index is 0.545. The third-order valence-electron chi connectivity index (χ3n) is 0.613. The molecular formula is C5H6NO. The summed E-state index contributed by atoms with van der Waals surface area (Å²) in [6.45, 7) is 0.545. The van der Waals surface area contributed by atoms with Gasteiger partial charge in [0.15, 0.2) is 0 Å². The first kappa shape index (κ1) is 4.24. The fraction of sp³-hybridized carbons (Fsp3) is 0.200. The van der Waals surface area contributed by atoms with Crippen molar-refractivity contribution >= 4 is 0 Å². The molecule has 0 aromatic heterocycles. The number of hydrogen-bond acceptors (Lipinski definition) is 2. The van der Waals surface area contributed by atoms with E-state index in [1.165, 1.54) is 0 Å². The van der Waals surface area contributed by atoms with Crippen LogP contribution in [-0.2, 0) is 4.74 Å². The van der Waals surface area contributed by atoms with E-state index in [0.717, 1.165) is 0 Å². The molecule has 7 heavy (non-hydrogen) atoms. The van der Waals surface area contributed by atoms with Crippen LogP contribution in [0.4, 0.5) is 0 Å². The zero-order valence-corrected chi connectivity index (χ0v) is 3.85. The summed E-state index contributed by atoms with van der Waals surface area (Å²) in [4.78, 5) is 0. The summed E-state index contributed by atoms with van der Waals surface area (Å²) in [5.41, 5.74) is 0. The van der Waals surface area contributed by atoms with Crippen LogP contribution in [0.2, 0.25) is 0 Å². The van der Waals surface area contributed by atoms with Gasteiger partial charge in [-0.3, -0.25) is 0 Å². The smallest absolute Gasteiger partial charge is 0.114 e. The second kappa shape index (κ2) is 2.29. The molecule has 0 saturated carbocycles. The third kappa shape index (κ3) is 1.30. The van der Waals surface area contributed by atoms with E-state index < -0.39 is 0 Å². The summed E-state index contributed by atoms with van der Waals surface area (Å²) < 4.78 is 4.81. The van der Waals surface area contributed by atoms with Gasteiger partial charge in [0.1, 0.15) is 6.61 Å². The maximum Gasteiger partial charge on any atom is 0.114 e. The van der Waals surface area contributed by atoms with E-state index in [2.05, 4.69) is 11.4 Å². The highest BCUT2D eigenvalue weighted by Crippen LogP contribution is 1.80. The first-order valence-electron chi connectivity index (χ1n) is 2.08. The zero-order valence-electron chi connectivity index (χ0n) is 3.85. The molecule has 2 heteroatoms. The minimum Gasteiger partial charge on any atom is -0.495 e. The average Bonchev–Trinajstić information content (AvgIpc) is 1.90. The summed E-state index contributed by atoms with van der Waals surface area (Å²) in [5.74, 6) is 0. The van der Waals surface area contributed by atoms with Crippen molar-refractivity contribution in [3.05, 3.63) is 24.7 Å². The highest BCUT2D eigenvalue weighted by molar-refractivity contribution is 4.84. The number of nitrogens with one attached hydrogen (secondary N) is 1. The van der Waals surface area contributed by atoms with Crippen LogP contribution >= 0.6 is 0 Å². The minimum absolute atomic E-state index is 0.545. The molecule has 1 aliphatic rings. The lowest BCUT2D eigenvalue weighted by Crippen LogP contribution is -1.87. The molecule has 37 valence electrons. The fourth-order valence-electron chi connectivity index (χ4n) is 0.332. The molecule has 0 atom stereocenters. The summed E-state index contributed by atoms with van der Waals surface area (Å²) in [5, 5.41) is 2.81. The van der Waals surface area contributed by atoms with Crippen molar-refractivity contribution in [3.8, 4) is 0 Å². The maximum atomic E-state index is 4.81. The Hall–Kier alpha value is -0.920. The lowest BCUT2D eigenvalue weighted by atomic mass is 10.7. The van der Waals surface area contributed by atoms with Crippen molar-refractivity contribution in [3.63, 3.8) is 0 Å². The molecule has 0 spiro atoms. The highest BCUT2D eigenvalue weighted by atomic mass is 16.5. The summed E-state index contributed by atoms with van der Waals surface area (Å²) >= 11 is 0. The molecule has 0 aromatic rings. The Morgan fingerprint density at radius 3 is 3.71 bits per heavy atom. The van der Waals surface area contributed by atoms with Gasteiger partial charge in [0, 0.05) is 18.5 Å². The van der Waals surface area contributed by atoms with E-state index in [-0.39, 0.29) is 0 Å². The van der Waals surface area contributed by atoms with Crippen molar-refractivity contribution in [1.29, 1.82) is 0 Å². The van der Waals surface area contributed by atoms with Crippen LogP contribution in [-0.4, -0.2) is 6.61 Å². The predicted octanol–water partition coefficient (Wildman–Crippen LogP) is 0.394. The van der Waals surface area contributed by atoms with Crippen molar-refractivity contribution in [2.75, 3.05) is 6.61 Å². The van der Waals surface area contributed by atoms with Crippen LogP contribution in [0.15, 0.2) is 18.7 Å². The standard InChI is InChI=1S/C5H6NO/c1-2-6-3-5-7-4-1/h2-3,5-6H,4H2. The van der Waals surface area contributed by atoms with Crippen LogP contribution in [0.1, 0.15) is 0 Å². The molecule has 0 aliphatic carbocycles. The van der Waals surface area contributed by atoms with Gasteiger partial charge in [-0.1, -0.05) is 0 Å². The number of ether oxygens (including phenoxy) is 1. The van der Waals surface area contributed by atoms with Gasteiger partial charge in [0.25, 0.3) is 0 Å². The third-order valence-corrected chi connectivity index (χ3v) is 0.613. The molecule has 1 N–H and O–H groups in total. The molecule has 0 aromatic carbocycles. The molecule has 1 aliphatic heterocycles. The Bertz CT molecular complexity index is 84.3. The SMILES string of the molecule is [C]1=CNC=COC1. The Morgan fingerprint density at radius 2 is 2.71 bits per heavy atom. The van der Waals surface area contributed by atoms with Crippen LogP contribution in [0.5, 0.6) is 0 Å². The lowest BCUT2D eigenvalue weighted by molar-refractivity contribution is 0.285. The molecule has 0 fully saturated rings. The van der Waals surface area contributed by atoms with Crippen LogP contribution in [0.3, 0.4) is 0 Å². The van der Waals surface area contributed by atoms with E-state index in [4.69, 9.17) is 4.74 Å². The molecule has 0 amide bonds. The fourth-order valence-corrected chi connectivity index (χ4v) is 0.332. The van der Waals surface area contributed by atoms with E-state index in [0.29, 0.717) is 6.61 Å². The largest absolute Gasteiger partial charge is 0.495 e. The van der Waals surface area contributed by atoms with Gasteiger partial charge in [-0.2, -0.15) is 0 Å². The van der Waals surface area contributed by atoms with Crippen molar-refractivity contribution < 1.29 is 4.74 Å². The summed E-state index contributed by atoms with van der Waals surface area (Å²) in [6.07, 6.45) is 7.84. The molecule has 0 bridgehead atoms. The van der Waals surface area contributed by atoms with Gasteiger partial charge in [-0.25, -0.2) is 0 Å². The van der Waals surface area contributed by atoms with E-state index >= 15 is 0 Å². The van der Waals surface area contributed by atoms with Gasteiger partial charge < -0.3 is 10.1 Å². The highest BCUT2D eigenvalue weighted by Gasteiger charge is 1.77. The summed E-state index contributed by atoms with van der Waals surface area (Å²) in [6, 6.07) is 0. The molecule has 1 radical (unpaired) electrons. The van der Waals surface area contributed by atoms with Crippen LogP contribution < -0.4 is 5.32 Å². The Kier molecular flexibility index (Phi) is 1.39. The summed E-state index contributed by atoms with van der Waals surface area (Å²) in [7, 11) is 0. The second-order valence-electron chi connectivity index (χ2n) is 1.13. The van der Waals surface area contributed by atoms with E-state index in [9.17, 15) is 0 Å². The van der Waals surface area contributed by atoms with Crippen molar-refractivity contribution in [2.45, 2.75) is 0 Å². The van der Waals surface area contributed by atoms with Gasteiger partial charge in [-0.05, 0) is 0 Å². The van der Waals surface area contributed by atoms with Gasteiger partial charge >= 0.3 is 0 Å². The average molecular weight is 96.1 g/mol. The van der Waals surface area contributed by atoms with Gasteiger partial charge in [0.2, 0.25) is 0 Å². The molecule has 1 rings (SSSR count). The Balaban J connectivity index is 2.38. The predicted molar refractivity (Wildman–Crippen MR) is 26.0 cm³/mol. The topological polar surface area (TPSA) is 21.3 Å². The van der Waals surface area contributed by atoms with Crippen molar-refractivity contribution in [1.82, 2.24) is 5.32 Å². The maximum absolute atomic E-state index is 4.81. The molecule has 0 saturated heterocycles. The van der Waals surface area contributed by atoms with E-state index in [1.807, 2.05) is 0 Å². The first-order chi connectivity index (χ1) is 3.50. The second-order valence-corrected chi connectivity index (χ2v) is 1.13. The molecule has 1 heterocycles. The molecular weight excluding hydrogens is 90.1 g/mol. The molecule has 2 nitrogen and oxygen atoms in total. The number of rotatable bonds is 0. The Morgan fingerprint density at radius 1 is 1.71 bits per heavy atom. The molecule has 0 unspecified atom stereocenters. The zero-order chi connectivity index (χ0) is 4.95. The first-order valence-corrected chi connectivity index (χ1v) is 2.08. The van der Waals surface area contributed by atoms with Crippen LogP contribution in [0, 0.1) is 6.08 Å². The van der Waals surface area contributed by atoms with E-state index in [1.54, 1.807) is 18.7 Å². The number of hydrogen-bond donors (Lipinski definition) is 1. The Labute approximate surface area is 42.5 Å². The van der Waals surface area contributed by atoms with Crippen molar-refractivity contribution in [2.24, 2.45) is 0 Å².